The number of piperidine rings is 1. The Bertz CT molecular complexity index is 491. The molecule has 110 valence electrons. The maximum Gasteiger partial charge on any atom is 0.246 e. The zero-order valence-electron chi connectivity index (χ0n) is 12.1. The Morgan fingerprint density at radius 2 is 2.25 bits per heavy atom. The highest BCUT2D eigenvalue weighted by molar-refractivity contribution is 5.78. The van der Waals surface area contributed by atoms with Crippen LogP contribution < -0.4 is 5.32 Å². The van der Waals surface area contributed by atoms with E-state index in [0.717, 1.165) is 38.3 Å². The SMILES string of the molecule is C[C@@H]1NC(=O)COC12CCN(Cc1nccn1C)CC2. The summed E-state index contributed by atoms with van der Waals surface area (Å²) >= 11 is 0. The zero-order chi connectivity index (χ0) is 14.2. The number of morpholine rings is 1. The van der Waals surface area contributed by atoms with E-state index in [2.05, 4.69) is 19.8 Å². The molecule has 1 amide bonds. The molecule has 0 aromatic carbocycles. The lowest BCUT2D eigenvalue weighted by atomic mass is 9.83. The number of hydrogen-bond acceptors (Lipinski definition) is 4. The monoisotopic (exact) mass is 278 g/mol. The van der Waals surface area contributed by atoms with Gasteiger partial charge in [0.25, 0.3) is 0 Å². The molecule has 2 aliphatic heterocycles. The largest absolute Gasteiger partial charge is 0.363 e. The molecule has 0 saturated carbocycles. The highest BCUT2D eigenvalue weighted by atomic mass is 16.5. The van der Waals surface area contributed by atoms with Crippen LogP contribution in [-0.4, -0.2) is 51.7 Å². The average Bonchev–Trinajstić information content (AvgIpc) is 2.83. The number of amides is 1. The van der Waals surface area contributed by atoms with E-state index in [4.69, 9.17) is 4.74 Å². The molecule has 2 saturated heterocycles. The zero-order valence-corrected chi connectivity index (χ0v) is 12.1. The number of nitrogens with one attached hydrogen (secondary N) is 1. The molecule has 0 unspecified atom stereocenters. The highest BCUT2D eigenvalue weighted by Crippen LogP contribution is 2.32. The third-order valence-electron chi connectivity index (χ3n) is 4.65. The molecule has 2 aliphatic rings. The first-order chi connectivity index (χ1) is 9.59. The Morgan fingerprint density at radius 1 is 1.50 bits per heavy atom. The van der Waals surface area contributed by atoms with Crippen molar-refractivity contribution in [3.8, 4) is 0 Å². The van der Waals surface area contributed by atoms with Crippen molar-refractivity contribution < 1.29 is 9.53 Å². The van der Waals surface area contributed by atoms with Crippen LogP contribution in [0.15, 0.2) is 12.4 Å². The van der Waals surface area contributed by atoms with Crippen LogP contribution in [0.4, 0.5) is 0 Å². The number of carbonyl (C=O) groups excluding carboxylic acids is 1. The summed E-state index contributed by atoms with van der Waals surface area (Å²) in [5.41, 5.74) is -0.175. The quantitative estimate of drug-likeness (QED) is 0.845. The lowest BCUT2D eigenvalue weighted by Crippen LogP contribution is -2.62. The Morgan fingerprint density at radius 3 is 2.85 bits per heavy atom. The molecule has 1 atom stereocenters. The van der Waals surface area contributed by atoms with Crippen LogP contribution in [0.1, 0.15) is 25.6 Å². The number of carbonyl (C=O) groups is 1. The van der Waals surface area contributed by atoms with E-state index in [1.54, 1.807) is 0 Å². The number of aromatic nitrogens is 2. The minimum Gasteiger partial charge on any atom is -0.363 e. The van der Waals surface area contributed by atoms with E-state index >= 15 is 0 Å². The van der Waals surface area contributed by atoms with Crippen LogP contribution >= 0.6 is 0 Å². The van der Waals surface area contributed by atoms with Crippen molar-refractivity contribution in [1.82, 2.24) is 19.8 Å². The fourth-order valence-electron chi connectivity index (χ4n) is 3.16. The van der Waals surface area contributed by atoms with Crippen molar-refractivity contribution in [1.29, 1.82) is 0 Å². The van der Waals surface area contributed by atoms with Crippen LogP contribution in [-0.2, 0) is 23.1 Å². The van der Waals surface area contributed by atoms with Crippen molar-refractivity contribution in [2.45, 2.75) is 38.0 Å². The third-order valence-corrected chi connectivity index (χ3v) is 4.65. The second kappa shape index (κ2) is 5.18. The second-order valence-electron chi connectivity index (χ2n) is 5.87. The van der Waals surface area contributed by atoms with E-state index in [9.17, 15) is 4.79 Å². The Balaban J connectivity index is 1.59. The van der Waals surface area contributed by atoms with Gasteiger partial charge in [-0.15, -0.1) is 0 Å². The molecule has 0 bridgehead atoms. The number of rotatable bonds is 2. The highest BCUT2D eigenvalue weighted by Gasteiger charge is 2.44. The van der Waals surface area contributed by atoms with E-state index in [1.165, 1.54) is 0 Å². The smallest absolute Gasteiger partial charge is 0.246 e. The summed E-state index contributed by atoms with van der Waals surface area (Å²) in [6.45, 7) is 5.08. The van der Waals surface area contributed by atoms with Gasteiger partial charge < -0.3 is 14.6 Å². The summed E-state index contributed by atoms with van der Waals surface area (Å²) in [6.07, 6.45) is 5.73. The third kappa shape index (κ3) is 2.45. The molecule has 1 aromatic heterocycles. The van der Waals surface area contributed by atoms with Gasteiger partial charge in [-0.1, -0.05) is 0 Å². The maximum absolute atomic E-state index is 11.4. The summed E-state index contributed by atoms with van der Waals surface area (Å²) < 4.78 is 7.94. The van der Waals surface area contributed by atoms with Gasteiger partial charge in [-0.2, -0.15) is 0 Å². The van der Waals surface area contributed by atoms with Gasteiger partial charge in [-0.05, 0) is 19.8 Å². The van der Waals surface area contributed by atoms with E-state index < -0.39 is 0 Å². The standard InChI is InChI=1S/C14H22N4O2/c1-11-14(20-10-13(19)16-11)3-6-18(7-4-14)9-12-15-5-8-17(12)2/h5,8,11H,3-4,6-7,9-10H2,1-2H3,(H,16,19)/t11-/m0/s1. The van der Waals surface area contributed by atoms with Crippen molar-refractivity contribution in [2.24, 2.45) is 7.05 Å². The van der Waals surface area contributed by atoms with E-state index in [0.29, 0.717) is 0 Å². The minimum absolute atomic E-state index is 0.00133. The number of imidazole rings is 1. The van der Waals surface area contributed by atoms with Gasteiger partial charge in [-0.3, -0.25) is 9.69 Å². The lowest BCUT2D eigenvalue weighted by molar-refractivity contribution is -0.159. The summed E-state index contributed by atoms with van der Waals surface area (Å²) in [6, 6.07) is 0.0964. The molecular weight excluding hydrogens is 256 g/mol. The van der Waals surface area contributed by atoms with Gasteiger partial charge in [0.05, 0.1) is 18.2 Å². The van der Waals surface area contributed by atoms with Gasteiger partial charge in [-0.25, -0.2) is 4.98 Å². The van der Waals surface area contributed by atoms with Crippen molar-refractivity contribution in [3.05, 3.63) is 18.2 Å². The van der Waals surface area contributed by atoms with E-state index in [-0.39, 0.29) is 24.2 Å². The predicted molar refractivity (Wildman–Crippen MR) is 74.0 cm³/mol. The van der Waals surface area contributed by atoms with Crippen molar-refractivity contribution >= 4 is 5.91 Å². The van der Waals surface area contributed by atoms with Gasteiger partial charge in [0.1, 0.15) is 12.4 Å². The Hall–Kier alpha value is -1.40. The number of nitrogens with zero attached hydrogens (tertiary/aromatic N) is 3. The molecule has 0 aliphatic carbocycles. The van der Waals surface area contributed by atoms with Crippen LogP contribution in [0.25, 0.3) is 0 Å². The van der Waals surface area contributed by atoms with Crippen LogP contribution in [0.2, 0.25) is 0 Å². The van der Waals surface area contributed by atoms with Crippen LogP contribution in [0.3, 0.4) is 0 Å². The lowest BCUT2D eigenvalue weighted by Gasteiger charge is -2.47. The average molecular weight is 278 g/mol. The molecule has 2 fully saturated rings. The number of hydrogen-bond donors (Lipinski definition) is 1. The predicted octanol–water partition coefficient (Wildman–Crippen LogP) is 0.290. The first kappa shape index (κ1) is 13.6. The molecule has 0 radical (unpaired) electrons. The number of ether oxygens (including phenoxy) is 1. The molecule has 6 nitrogen and oxygen atoms in total. The Kier molecular flexibility index (Phi) is 3.52. The number of likely N-dealkylation sites (tertiary alicyclic amines) is 1. The first-order valence-corrected chi connectivity index (χ1v) is 7.21. The van der Waals surface area contributed by atoms with Gasteiger partial charge in [0, 0.05) is 32.5 Å². The summed E-state index contributed by atoms with van der Waals surface area (Å²) in [5.74, 6) is 1.09. The normalized spacial score (nSPS) is 26.7. The van der Waals surface area contributed by atoms with Gasteiger partial charge in [0.15, 0.2) is 0 Å². The molecule has 1 aromatic rings. The fraction of sp³-hybridized carbons (Fsp3) is 0.714. The summed E-state index contributed by atoms with van der Waals surface area (Å²) in [4.78, 5) is 18.1. The topological polar surface area (TPSA) is 59.4 Å². The number of aryl methyl sites for hydroxylation is 1. The minimum atomic E-state index is -0.175. The van der Waals surface area contributed by atoms with Gasteiger partial charge in [0.2, 0.25) is 5.91 Å². The molecule has 6 heteroatoms. The summed E-state index contributed by atoms with van der Waals surface area (Å²) in [5, 5.41) is 3.01. The summed E-state index contributed by atoms with van der Waals surface area (Å²) in [7, 11) is 2.02. The van der Waals surface area contributed by atoms with Crippen molar-refractivity contribution in [2.75, 3.05) is 19.7 Å². The first-order valence-electron chi connectivity index (χ1n) is 7.21. The molecule has 3 heterocycles. The maximum atomic E-state index is 11.4. The molecule has 1 spiro atoms. The van der Waals surface area contributed by atoms with Crippen LogP contribution in [0, 0.1) is 0 Å². The van der Waals surface area contributed by atoms with Crippen molar-refractivity contribution in [3.63, 3.8) is 0 Å². The molecular formula is C14H22N4O2. The van der Waals surface area contributed by atoms with Crippen LogP contribution in [0.5, 0.6) is 0 Å². The fourth-order valence-corrected chi connectivity index (χ4v) is 3.16. The molecule has 3 rings (SSSR count). The Labute approximate surface area is 119 Å². The molecule has 1 N–H and O–H groups in total. The van der Waals surface area contributed by atoms with E-state index in [1.807, 2.05) is 26.4 Å². The van der Waals surface area contributed by atoms with Gasteiger partial charge >= 0.3 is 0 Å². The molecule has 20 heavy (non-hydrogen) atoms. The second-order valence-corrected chi connectivity index (χ2v) is 5.87.